The van der Waals surface area contributed by atoms with Gasteiger partial charge in [-0.3, -0.25) is 4.79 Å². The number of hydrogen-bond acceptors (Lipinski definition) is 3. The fraction of sp³-hybridized carbons (Fsp3) is 0.200. The van der Waals surface area contributed by atoms with Crippen molar-refractivity contribution < 1.29 is 9.21 Å². The van der Waals surface area contributed by atoms with Crippen molar-refractivity contribution in [3.05, 3.63) is 57.0 Å². The van der Waals surface area contributed by atoms with Crippen molar-refractivity contribution in [2.75, 3.05) is 0 Å². The molecule has 0 saturated carbocycles. The van der Waals surface area contributed by atoms with E-state index in [2.05, 4.69) is 10.5 Å². The van der Waals surface area contributed by atoms with E-state index < -0.39 is 0 Å². The van der Waals surface area contributed by atoms with Crippen LogP contribution in [0.3, 0.4) is 0 Å². The first kappa shape index (κ1) is 15.6. The lowest BCUT2D eigenvalue weighted by atomic mass is 10.1. The second kappa shape index (κ2) is 6.33. The summed E-state index contributed by atoms with van der Waals surface area (Å²) < 4.78 is 5.31. The van der Waals surface area contributed by atoms with Gasteiger partial charge >= 0.3 is 0 Å². The number of hydrazone groups is 1. The molecule has 0 aliphatic heterocycles. The smallest absolute Gasteiger partial charge is 0.274 e. The minimum Gasteiger partial charge on any atom is -0.466 e. The minimum atomic E-state index is -0.316. The Labute approximate surface area is 132 Å². The maximum absolute atomic E-state index is 12.0. The fourth-order valence-corrected chi connectivity index (χ4v) is 2.13. The Kier molecular flexibility index (Phi) is 4.70. The predicted octanol–water partition coefficient (Wildman–Crippen LogP) is 4.36. The van der Waals surface area contributed by atoms with Gasteiger partial charge in [0.25, 0.3) is 5.91 Å². The summed E-state index contributed by atoms with van der Waals surface area (Å²) in [5.41, 5.74) is 4.38. The molecule has 0 spiro atoms. The molecule has 4 nitrogen and oxygen atoms in total. The van der Waals surface area contributed by atoms with Crippen LogP contribution in [0.25, 0.3) is 0 Å². The summed E-state index contributed by atoms with van der Waals surface area (Å²) in [6.45, 7) is 5.29. The summed E-state index contributed by atoms with van der Waals surface area (Å²) in [6, 6.07) is 6.84. The fourth-order valence-electron chi connectivity index (χ4n) is 1.84. The van der Waals surface area contributed by atoms with Crippen LogP contribution >= 0.6 is 23.2 Å². The standard InChI is InChI=1S/C15H14Cl2N2O2/c1-8-6-12(10(3)21-8)15(20)19-18-9(2)11-4-5-13(16)14(17)7-11/h4-7H,1-3H3,(H,19,20)/b18-9-. The lowest BCUT2D eigenvalue weighted by Gasteiger charge is -2.04. The Hall–Kier alpha value is -1.78. The topological polar surface area (TPSA) is 54.6 Å². The number of hydrogen-bond donors (Lipinski definition) is 1. The summed E-state index contributed by atoms with van der Waals surface area (Å²) in [5.74, 6) is 0.930. The molecule has 0 atom stereocenters. The van der Waals surface area contributed by atoms with Crippen LogP contribution in [0.1, 0.15) is 34.4 Å². The first-order valence-corrected chi connectivity index (χ1v) is 7.01. The molecule has 0 bridgehead atoms. The highest BCUT2D eigenvalue weighted by atomic mass is 35.5. The largest absolute Gasteiger partial charge is 0.466 e. The Morgan fingerprint density at radius 1 is 1.19 bits per heavy atom. The number of benzene rings is 1. The molecule has 1 aromatic carbocycles. The molecular formula is C15H14Cl2N2O2. The van der Waals surface area contributed by atoms with E-state index in [0.717, 1.165) is 5.56 Å². The van der Waals surface area contributed by atoms with E-state index in [0.29, 0.717) is 32.8 Å². The van der Waals surface area contributed by atoms with Gasteiger partial charge < -0.3 is 4.42 Å². The van der Waals surface area contributed by atoms with Gasteiger partial charge in [-0.15, -0.1) is 0 Å². The van der Waals surface area contributed by atoms with Crippen molar-refractivity contribution in [1.29, 1.82) is 0 Å². The molecular weight excluding hydrogens is 311 g/mol. The van der Waals surface area contributed by atoms with E-state index in [1.165, 1.54) is 0 Å². The van der Waals surface area contributed by atoms with E-state index in [4.69, 9.17) is 27.6 Å². The molecule has 0 fully saturated rings. The Balaban J connectivity index is 2.14. The summed E-state index contributed by atoms with van der Waals surface area (Å²) in [4.78, 5) is 12.0. The van der Waals surface area contributed by atoms with Gasteiger partial charge in [-0.25, -0.2) is 5.43 Å². The van der Waals surface area contributed by atoms with E-state index in [9.17, 15) is 4.79 Å². The van der Waals surface area contributed by atoms with Crippen LogP contribution in [0.5, 0.6) is 0 Å². The molecule has 0 aliphatic carbocycles. The quantitative estimate of drug-likeness (QED) is 0.673. The van der Waals surface area contributed by atoms with Crippen LogP contribution in [0, 0.1) is 13.8 Å². The summed E-state index contributed by atoms with van der Waals surface area (Å²) in [7, 11) is 0. The monoisotopic (exact) mass is 324 g/mol. The second-order valence-corrected chi connectivity index (χ2v) is 5.41. The van der Waals surface area contributed by atoms with Crippen LogP contribution < -0.4 is 5.43 Å². The van der Waals surface area contributed by atoms with Crippen molar-refractivity contribution in [2.24, 2.45) is 5.10 Å². The molecule has 0 saturated heterocycles. The van der Waals surface area contributed by atoms with Gasteiger partial charge in [0.1, 0.15) is 11.5 Å². The third kappa shape index (κ3) is 3.65. The third-order valence-electron chi connectivity index (χ3n) is 2.95. The first-order valence-electron chi connectivity index (χ1n) is 6.25. The number of furan rings is 1. The Morgan fingerprint density at radius 3 is 2.48 bits per heavy atom. The highest BCUT2D eigenvalue weighted by molar-refractivity contribution is 6.42. The van der Waals surface area contributed by atoms with Gasteiger partial charge in [0.15, 0.2) is 0 Å². The first-order chi connectivity index (χ1) is 9.88. The number of carbonyl (C=O) groups is 1. The van der Waals surface area contributed by atoms with E-state index in [1.807, 2.05) is 0 Å². The normalized spacial score (nSPS) is 11.6. The van der Waals surface area contributed by atoms with Crippen molar-refractivity contribution in [1.82, 2.24) is 5.43 Å². The number of rotatable bonds is 3. The number of carbonyl (C=O) groups excluding carboxylic acids is 1. The Bertz CT molecular complexity index is 720. The average molecular weight is 325 g/mol. The zero-order chi connectivity index (χ0) is 15.6. The highest BCUT2D eigenvalue weighted by Crippen LogP contribution is 2.22. The summed E-state index contributed by atoms with van der Waals surface area (Å²) in [6.07, 6.45) is 0. The van der Waals surface area contributed by atoms with E-state index >= 15 is 0 Å². The molecule has 0 unspecified atom stereocenters. The van der Waals surface area contributed by atoms with Crippen molar-refractivity contribution in [3.63, 3.8) is 0 Å². The van der Waals surface area contributed by atoms with Crippen molar-refractivity contribution >= 4 is 34.8 Å². The van der Waals surface area contributed by atoms with Gasteiger partial charge in [-0.1, -0.05) is 29.3 Å². The number of nitrogens with one attached hydrogen (secondary N) is 1. The number of nitrogens with zero attached hydrogens (tertiary/aromatic N) is 1. The molecule has 1 aromatic heterocycles. The van der Waals surface area contributed by atoms with Crippen LogP contribution in [0.15, 0.2) is 33.8 Å². The molecule has 1 N–H and O–H groups in total. The lowest BCUT2D eigenvalue weighted by Crippen LogP contribution is -2.19. The molecule has 1 heterocycles. The lowest BCUT2D eigenvalue weighted by molar-refractivity contribution is 0.0953. The zero-order valence-corrected chi connectivity index (χ0v) is 13.3. The summed E-state index contributed by atoms with van der Waals surface area (Å²) in [5, 5.41) is 4.98. The SMILES string of the molecule is C/C(=N/NC(=O)c1cc(C)oc1C)c1ccc(Cl)c(Cl)c1. The van der Waals surface area contributed by atoms with Crippen LogP contribution in [-0.4, -0.2) is 11.6 Å². The van der Waals surface area contributed by atoms with Gasteiger partial charge in [0.2, 0.25) is 0 Å². The molecule has 0 aliphatic rings. The zero-order valence-electron chi connectivity index (χ0n) is 11.8. The highest BCUT2D eigenvalue weighted by Gasteiger charge is 2.13. The van der Waals surface area contributed by atoms with Gasteiger partial charge in [0, 0.05) is 0 Å². The maximum Gasteiger partial charge on any atom is 0.274 e. The molecule has 2 aromatic rings. The van der Waals surface area contributed by atoms with Gasteiger partial charge in [-0.2, -0.15) is 5.10 Å². The van der Waals surface area contributed by atoms with Crippen LogP contribution in [0.4, 0.5) is 0 Å². The maximum atomic E-state index is 12.0. The molecule has 1 amide bonds. The van der Waals surface area contributed by atoms with Gasteiger partial charge in [0.05, 0.1) is 21.3 Å². The number of aryl methyl sites for hydroxylation is 2. The number of halogens is 2. The molecule has 0 radical (unpaired) electrons. The van der Waals surface area contributed by atoms with Crippen molar-refractivity contribution in [2.45, 2.75) is 20.8 Å². The van der Waals surface area contributed by atoms with Crippen molar-refractivity contribution in [3.8, 4) is 0 Å². The third-order valence-corrected chi connectivity index (χ3v) is 3.69. The van der Waals surface area contributed by atoms with Gasteiger partial charge in [-0.05, 0) is 44.5 Å². The van der Waals surface area contributed by atoms with E-state index in [1.54, 1.807) is 45.0 Å². The molecule has 2 rings (SSSR count). The van der Waals surface area contributed by atoms with E-state index in [-0.39, 0.29) is 5.91 Å². The number of amides is 1. The molecule has 110 valence electrons. The van der Waals surface area contributed by atoms with Crippen LogP contribution in [-0.2, 0) is 0 Å². The average Bonchev–Trinajstić information content (AvgIpc) is 2.77. The Morgan fingerprint density at radius 2 is 1.90 bits per heavy atom. The predicted molar refractivity (Wildman–Crippen MR) is 84.3 cm³/mol. The second-order valence-electron chi connectivity index (χ2n) is 4.59. The minimum absolute atomic E-state index is 0.316. The molecule has 21 heavy (non-hydrogen) atoms. The summed E-state index contributed by atoms with van der Waals surface area (Å²) >= 11 is 11.8. The van der Waals surface area contributed by atoms with Crippen LogP contribution in [0.2, 0.25) is 10.0 Å². The molecule has 6 heteroatoms.